The average molecular weight is 415 g/mol. The number of amides is 1. The first-order valence-electron chi connectivity index (χ1n) is 9.24. The Balaban J connectivity index is 1.72. The number of para-hydroxylation sites is 1. The predicted octanol–water partition coefficient (Wildman–Crippen LogP) is 2.17. The Labute approximate surface area is 168 Å². The monoisotopic (exact) mass is 415 g/mol. The highest BCUT2D eigenvalue weighted by molar-refractivity contribution is 7.90. The number of carbonyl (C=O) groups is 1. The summed E-state index contributed by atoms with van der Waals surface area (Å²) in [5.41, 5.74) is 1.38. The van der Waals surface area contributed by atoms with Gasteiger partial charge in [0, 0.05) is 31.1 Å². The van der Waals surface area contributed by atoms with Crippen molar-refractivity contribution in [2.45, 2.75) is 18.6 Å². The molecule has 0 saturated heterocycles. The zero-order valence-electron chi connectivity index (χ0n) is 16.2. The number of benzene rings is 1. The van der Waals surface area contributed by atoms with Crippen LogP contribution in [0.15, 0.2) is 47.8 Å². The van der Waals surface area contributed by atoms with Crippen LogP contribution in [0, 0.1) is 0 Å². The maximum Gasteiger partial charge on any atom is 0.275 e. The van der Waals surface area contributed by atoms with Crippen molar-refractivity contribution in [2.75, 3.05) is 26.0 Å². The number of hydrogen-bond acceptors (Lipinski definition) is 6. The van der Waals surface area contributed by atoms with Gasteiger partial charge in [0.15, 0.2) is 17.2 Å². The Morgan fingerprint density at radius 3 is 2.72 bits per heavy atom. The lowest BCUT2D eigenvalue weighted by molar-refractivity contribution is 0.0745. The number of pyridine rings is 1. The summed E-state index contributed by atoms with van der Waals surface area (Å²) in [4.78, 5) is 19.1. The quantitative estimate of drug-likeness (QED) is 0.634. The minimum absolute atomic E-state index is 0.106. The molecule has 1 aliphatic heterocycles. The molecule has 8 nitrogen and oxygen atoms in total. The summed E-state index contributed by atoms with van der Waals surface area (Å²) in [5.74, 6) is 0.945. The molecule has 0 atom stereocenters. The molecule has 29 heavy (non-hydrogen) atoms. The minimum atomic E-state index is -3.60. The van der Waals surface area contributed by atoms with Gasteiger partial charge in [-0.05, 0) is 25.1 Å². The molecule has 2 aromatic heterocycles. The first-order valence-corrected chi connectivity index (χ1v) is 11.1. The minimum Gasteiger partial charge on any atom is -0.486 e. The van der Waals surface area contributed by atoms with E-state index in [4.69, 9.17) is 9.47 Å². The fourth-order valence-corrected chi connectivity index (χ4v) is 4.14. The van der Waals surface area contributed by atoms with Gasteiger partial charge in [0.05, 0.1) is 5.52 Å². The number of carbonyl (C=O) groups excluding carboxylic acids is 1. The van der Waals surface area contributed by atoms with Crippen molar-refractivity contribution in [2.24, 2.45) is 0 Å². The molecule has 0 saturated carbocycles. The van der Waals surface area contributed by atoms with E-state index in [1.807, 2.05) is 25.1 Å². The zero-order valence-corrected chi connectivity index (χ0v) is 17.0. The number of imidazole rings is 1. The molecule has 0 unspecified atom stereocenters. The predicted molar refractivity (Wildman–Crippen MR) is 106 cm³/mol. The molecule has 3 aromatic rings. The molecule has 0 radical (unpaired) electrons. The lowest BCUT2D eigenvalue weighted by atomic mass is 10.1. The molecule has 3 heterocycles. The second-order valence-corrected chi connectivity index (χ2v) is 8.64. The number of sulfone groups is 1. The van der Waals surface area contributed by atoms with Gasteiger partial charge in [-0.15, -0.1) is 0 Å². The Morgan fingerprint density at radius 1 is 1.17 bits per heavy atom. The van der Waals surface area contributed by atoms with Crippen LogP contribution < -0.4 is 9.47 Å². The van der Waals surface area contributed by atoms with Crippen LogP contribution in [-0.2, 0) is 16.4 Å². The van der Waals surface area contributed by atoms with Gasteiger partial charge in [0.25, 0.3) is 5.91 Å². The SMILES string of the molecule is CCN(Cc1cccc2c1OCCO2)C(=O)c1nc(S(C)(=O)=O)n2ccccc12. The summed E-state index contributed by atoms with van der Waals surface area (Å²) >= 11 is 0. The Hall–Kier alpha value is -3.07. The van der Waals surface area contributed by atoms with E-state index in [0.717, 1.165) is 11.8 Å². The van der Waals surface area contributed by atoms with Gasteiger partial charge in [-0.3, -0.25) is 9.20 Å². The summed E-state index contributed by atoms with van der Waals surface area (Å²) < 4.78 is 37.1. The molecule has 4 rings (SSSR count). The summed E-state index contributed by atoms with van der Waals surface area (Å²) in [7, 11) is -3.60. The van der Waals surface area contributed by atoms with Crippen LogP contribution in [0.3, 0.4) is 0 Å². The standard InChI is InChI=1S/C20H21N3O5S/c1-3-22(13-14-7-6-9-16-18(14)28-12-11-27-16)19(24)17-15-8-4-5-10-23(15)20(21-17)29(2,25)26/h4-10H,3,11-13H2,1-2H3. The zero-order chi connectivity index (χ0) is 20.6. The van der Waals surface area contributed by atoms with E-state index in [1.165, 1.54) is 4.40 Å². The van der Waals surface area contributed by atoms with Crippen molar-refractivity contribution in [3.63, 3.8) is 0 Å². The molecule has 0 bridgehead atoms. The van der Waals surface area contributed by atoms with E-state index in [0.29, 0.717) is 43.3 Å². The maximum absolute atomic E-state index is 13.3. The summed E-state index contributed by atoms with van der Waals surface area (Å²) in [5, 5.41) is -0.152. The molecule has 0 aliphatic carbocycles. The van der Waals surface area contributed by atoms with E-state index < -0.39 is 9.84 Å². The van der Waals surface area contributed by atoms with Gasteiger partial charge in [-0.25, -0.2) is 13.4 Å². The largest absolute Gasteiger partial charge is 0.486 e. The lowest BCUT2D eigenvalue weighted by Crippen LogP contribution is -2.31. The molecule has 0 fully saturated rings. The third kappa shape index (κ3) is 3.53. The fourth-order valence-electron chi connectivity index (χ4n) is 3.37. The van der Waals surface area contributed by atoms with Crippen molar-refractivity contribution in [1.82, 2.24) is 14.3 Å². The number of hydrogen-bond donors (Lipinski definition) is 0. The van der Waals surface area contributed by atoms with E-state index >= 15 is 0 Å². The van der Waals surface area contributed by atoms with Crippen LogP contribution in [0.1, 0.15) is 23.0 Å². The van der Waals surface area contributed by atoms with Gasteiger partial charge in [-0.1, -0.05) is 18.2 Å². The smallest absolute Gasteiger partial charge is 0.275 e. The van der Waals surface area contributed by atoms with Crippen LogP contribution in [0.4, 0.5) is 0 Å². The highest BCUT2D eigenvalue weighted by Gasteiger charge is 2.27. The second-order valence-electron chi connectivity index (χ2n) is 6.73. The number of nitrogens with zero attached hydrogens (tertiary/aromatic N) is 3. The first kappa shape index (κ1) is 19.3. The molecule has 1 aromatic carbocycles. The van der Waals surface area contributed by atoms with Crippen molar-refractivity contribution in [3.05, 3.63) is 53.9 Å². The van der Waals surface area contributed by atoms with E-state index in [-0.39, 0.29) is 16.8 Å². The second kappa shape index (κ2) is 7.40. The molecule has 9 heteroatoms. The highest BCUT2D eigenvalue weighted by Crippen LogP contribution is 2.34. The first-order chi connectivity index (χ1) is 13.9. The highest BCUT2D eigenvalue weighted by atomic mass is 32.2. The number of rotatable bonds is 5. The Morgan fingerprint density at radius 2 is 1.97 bits per heavy atom. The number of aromatic nitrogens is 2. The van der Waals surface area contributed by atoms with E-state index in [1.54, 1.807) is 29.3 Å². The Bertz CT molecular complexity index is 1190. The normalized spacial score (nSPS) is 13.4. The van der Waals surface area contributed by atoms with Crippen LogP contribution in [0.25, 0.3) is 5.52 Å². The summed E-state index contributed by atoms with van der Waals surface area (Å²) in [6, 6.07) is 10.7. The third-order valence-electron chi connectivity index (χ3n) is 4.73. The molecular weight excluding hydrogens is 394 g/mol. The third-order valence-corrected chi connectivity index (χ3v) is 5.68. The molecule has 152 valence electrons. The van der Waals surface area contributed by atoms with Gasteiger partial charge in [0.1, 0.15) is 13.2 Å². The maximum atomic E-state index is 13.3. The summed E-state index contributed by atoms with van der Waals surface area (Å²) in [6.45, 7) is 3.51. The van der Waals surface area contributed by atoms with Gasteiger partial charge in [-0.2, -0.15) is 0 Å². The Kier molecular flexibility index (Phi) is 4.91. The molecular formula is C20H21N3O5S. The molecule has 1 amide bonds. The van der Waals surface area contributed by atoms with Crippen LogP contribution in [0.2, 0.25) is 0 Å². The van der Waals surface area contributed by atoms with Crippen molar-refractivity contribution in [3.8, 4) is 11.5 Å². The molecule has 1 aliphatic rings. The molecule has 0 spiro atoms. The topological polar surface area (TPSA) is 90.2 Å². The number of fused-ring (bicyclic) bond motifs is 2. The van der Waals surface area contributed by atoms with E-state index in [2.05, 4.69) is 4.98 Å². The van der Waals surface area contributed by atoms with Crippen LogP contribution in [0.5, 0.6) is 11.5 Å². The van der Waals surface area contributed by atoms with Gasteiger partial charge >= 0.3 is 0 Å². The number of ether oxygens (including phenoxy) is 2. The van der Waals surface area contributed by atoms with Gasteiger partial charge < -0.3 is 14.4 Å². The van der Waals surface area contributed by atoms with Gasteiger partial charge in [0.2, 0.25) is 15.0 Å². The fraction of sp³-hybridized carbons (Fsp3) is 0.300. The van der Waals surface area contributed by atoms with Crippen molar-refractivity contribution >= 4 is 21.3 Å². The average Bonchev–Trinajstić information content (AvgIpc) is 3.12. The van der Waals surface area contributed by atoms with E-state index in [9.17, 15) is 13.2 Å². The van der Waals surface area contributed by atoms with Crippen LogP contribution in [-0.4, -0.2) is 54.6 Å². The van der Waals surface area contributed by atoms with Crippen LogP contribution >= 0.6 is 0 Å². The van der Waals surface area contributed by atoms with Crippen molar-refractivity contribution in [1.29, 1.82) is 0 Å². The molecule has 0 N–H and O–H groups in total. The summed E-state index contributed by atoms with van der Waals surface area (Å²) in [6.07, 6.45) is 2.67. The lowest BCUT2D eigenvalue weighted by Gasteiger charge is -2.25. The van der Waals surface area contributed by atoms with Crippen molar-refractivity contribution < 1.29 is 22.7 Å².